The topological polar surface area (TPSA) is 18.5 Å². The van der Waals surface area contributed by atoms with Crippen molar-refractivity contribution in [1.29, 1.82) is 0 Å². The molecular formula is C8H8BrFO2. The maximum absolute atomic E-state index is 13.0. The fraction of sp³-hybridized carbons (Fsp3) is 0.250. The van der Waals surface area contributed by atoms with Crippen molar-refractivity contribution in [3.05, 3.63) is 22.4 Å². The van der Waals surface area contributed by atoms with E-state index in [1.165, 1.54) is 26.4 Å². The molecule has 0 N–H and O–H groups in total. The Hall–Kier alpha value is -0.770. The molecule has 0 fully saturated rings. The summed E-state index contributed by atoms with van der Waals surface area (Å²) >= 11 is 3.16. The van der Waals surface area contributed by atoms with Crippen molar-refractivity contribution in [1.82, 2.24) is 0 Å². The molecule has 0 spiro atoms. The maximum Gasteiger partial charge on any atom is 0.172 e. The summed E-state index contributed by atoms with van der Waals surface area (Å²) < 4.78 is 23.2. The Kier molecular flexibility index (Phi) is 2.92. The molecule has 0 aliphatic carbocycles. The molecule has 0 bridgehead atoms. The van der Waals surface area contributed by atoms with Crippen LogP contribution in [0.3, 0.4) is 0 Å². The molecule has 0 aliphatic heterocycles. The van der Waals surface area contributed by atoms with E-state index in [1.807, 2.05) is 0 Å². The van der Waals surface area contributed by atoms with E-state index >= 15 is 0 Å². The van der Waals surface area contributed by atoms with E-state index in [4.69, 9.17) is 9.47 Å². The van der Waals surface area contributed by atoms with Gasteiger partial charge in [-0.1, -0.05) is 0 Å². The Morgan fingerprint density at radius 3 is 2.42 bits per heavy atom. The molecule has 1 aromatic carbocycles. The lowest BCUT2D eigenvalue weighted by molar-refractivity contribution is 0.369. The van der Waals surface area contributed by atoms with Gasteiger partial charge in [-0.15, -0.1) is 0 Å². The van der Waals surface area contributed by atoms with Crippen LogP contribution >= 0.6 is 15.9 Å². The second-order valence-corrected chi connectivity index (χ2v) is 2.89. The minimum absolute atomic E-state index is 0.161. The third-order valence-electron chi connectivity index (χ3n) is 1.44. The molecule has 4 heteroatoms. The summed E-state index contributed by atoms with van der Waals surface area (Å²) in [5, 5.41) is 0. The number of ether oxygens (including phenoxy) is 2. The normalized spacial score (nSPS) is 9.67. The highest BCUT2D eigenvalue weighted by atomic mass is 79.9. The summed E-state index contributed by atoms with van der Waals surface area (Å²) in [5.41, 5.74) is 0. The van der Waals surface area contributed by atoms with Gasteiger partial charge in [0.25, 0.3) is 0 Å². The van der Waals surface area contributed by atoms with E-state index in [-0.39, 0.29) is 5.75 Å². The second-order valence-electron chi connectivity index (χ2n) is 2.10. The summed E-state index contributed by atoms with van der Waals surface area (Å²) in [5.74, 6) is 0.299. The van der Waals surface area contributed by atoms with Crippen LogP contribution in [-0.4, -0.2) is 14.2 Å². The largest absolute Gasteiger partial charge is 0.495 e. The van der Waals surface area contributed by atoms with E-state index < -0.39 is 5.82 Å². The Morgan fingerprint density at radius 2 is 1.92 bits per heavy atom. The lowest BCUT2D eigenvalue weighted by Gasteiger charge is -2.08. The second kappa shape index (κ2) is 3.76. The van der Waals surface area contributed by atoms with Crippen LogP contribution in [0.2, 0.25) is 0 Å². The van der Waals surface area contributed by atoms with Crippen LogP contribution in [0.4, 0.5) is 4.39 Å². The average Bonchev–Trinajstić information content (AvgIpc) is 2.06. The third-order valence-corrected chi connectivity index (χ3v) is 2.19. The Balaban J connectivity index is 3.24. The lowest BCUT2D eigenvalue weighted by Crippen LogP contribution is -1.92. The predicted octanol–water partition coefficient (Wildman–Crippen LogP) is 2.61. The van der Waals surface area contributed by atoms with Crippen molar-refractivity contribution in [3.8, 4) is 11.5 Å². The van der Waals surface area contributed by atoms with E-state index in [0.29, 0.717) is 10.2 Å². The van der Waals surface area contributed by atoms with Gasteiger partial charge in [0.15, 0.2) is 11.6 Å². The minimum atomic E-state index is -0.412. The van der Waals surface area contributed by atoms with E-state index in [1.54, 1.807) is 0 Å². The summed E-state index contributed by atoms with van der Waals surface area (Å²) in [6.07, 6.45) is 0. The smallest absolute Gasteiger partial charge is 0.172 e. The number of methoxy groups -OCH3 is 2. The maximum atomic E-state index is 13.0. The summed E-state index contributed by atoms with van der Waals surface area (Å²) in [4.78, 5) is 0. The van der Waals surface area contributed by atoms with Crippen LogP contribution < -0.4 is 9.47 Å². The highest BCUT2D eigenvalue weighted by Gasteiger charge is 2.11. The Morgan fingerprint density at radius 1 is 1.25 bits per heavy atom. The molecule has 0 saturated heterocycles. The molecule has 0 aromatic heterocycles. The monoisotopic (exact) mass is 234 g/mol. The molecule has 1 rings (SSSR count). The van der Waals surface area contributed by atoms with Gasteiger partial charge in [0.05, 0.1) is 14.2 Å². The number of hydrogen-bond donors (Lipinski definition) is 0. The molecule has 0 unspecified atom stereocenters. The highest BCUT2D eigenvalue weighted by Crippen LogP contribution is 2.35. The van der Waals surface area contributed by atoms with Crippen LogP contribution in [-0.2, 0) is 0 Å². The lowest BCUT2D eigenvalue weighted by atomic mass is 10.3. The first-order valence-electron chi connectivity index (χ1n) is 3.26. The van der Waals surface area contributed by atoms with Gasteiger partial charge in [-0.3, -0.25) is 0 Å². The van der Waals surface area contributed by atoms with Crippen LogP contribution in [0.1, 0.15) is 0 Å². The van der Waals surface area contributed by atoms with Gasteiger partial charge in [-0.05, 0) is 28.1 Å². The van der Waals surface area contributed by atoms with Gasteiger partial charge >= 0.3 is 0 Å². The van der Waals surface area contributed by atoms with E-state index in [0.717, 1.165) is 0 Å². The molecule has 2 nitrogen and oxygen atoms in total. The molecule has 0 atom stereocenters. The van der Waals surface area contributed by atoms with Gasteiger partial charge in [-0.25, -0.2) is 4.39 Å². The predicted molar refractivity (Wildman–Crippen MR) is 47.2 cm³/mol. The molecule has 0 saturated carbocycles. The fourth-order valence-corrected chi connectivity index (χ4v) is 1.50. The average molecular weight is 235 g/mol. The van der Waals surface area contributed by atoms with Crippen LogP contribution in [0.15, 0.2) is 16.6 Å². The molecule has 0 heterocycles. The number of halogens is 2. The molecule has 12 heavy (non-hydrogen) atoms. The first kappa shape index (κ1) is 9.32. The van der Waals surface area contributed by atoms with Gasteiger partial charge in [0.1, 0.15) is 10.2 Å². The van der Waals surface area contributed by atoms with Crippen molar-refractivity contribution >= 4 is 15.9 Å². The van der Waals surface area contributed by atoms with Gasteiger partial charge in [0, 0.05) is 0 Å². The van der Waals surface area contributed by atoms with Crippen LogP contribution in [0.5, 0.6) is 11.5 Å². The molecule has 0 aliphatic rings. The highest BCUT2D eigenvalue weighted by molar-refractivity contribution is 9.10. The Labute approximate surface area is 78.4 Å². The first-order valence-corrected chi connectivity index (χ1v) is 4.06. The number of hydrogen-bond acceptors (Lipinski definition) is 2. The summed E-state index contributed by atoms with van der Waals surface area (Å²) in [7, 11) is 2.92. The zero-order valence-corrected chi connectivity index (χ0v) is 8.31. The van der Waals surface area contributed by atoms with Crippen LogP contribution in [0.25, 0.3) is 0 Å². The molecular weight excluding hydrogens is 227 g/mol. The van der Waals surface area contributed by atoms with Crippen molar-refractivity contribution in [2.45, 2.75) is 0 Å². The standard InChI is InChI=1S/C8H8BrFO2/c1-11-6-4-3-5(10)8(12-2)7(6)9/h3-4H,1-2H3. The van der Waals surface area contributed by atoms with Gasteiger partial charge in [0.2, 0.25) is 0 Å². The molecule has 66 valence electrons. The number of benzene rings is 1. The first-order chi connectivity index (χ1) is 5.70. The van der Waals surface area contributed by atoms with Crippen LogP contribution in [0, 0.1) is 5.82 Å². The molecule has 1 aromatic rings. The zero-order valence-electron chi connectivity index (χ0n) is 6.73. The fourth-order valence-electron chi connectivity index (χ4n) is 0.859. The molecule has 0 radical (unpaired) electrons. The van der Waals surface area contributed by atoms with Crippen molar-refractivity contribution in [2.24, 2.45) is 0 Å². The minimum Gasteiger partial charge on any atom is -0.495 e. The van der Waals surface area contributed by atoms with Crippen molar-refractivity contribution in [3.63, 3.8) is 0 Å². The molecule has 0 amide bonds. The SMILES string of the molecule is COc1ccc(F)c(OC)c1Br. The van der Waals surface area contributed by atoms with Gasteiger partial charge < -0.3 is 9.47 Å². The number of rotatable bonds is 2. The third kappa shape index (κ3) is 1.53. The zero-order chi connectivity index (χ0) is 9.14. The summed E-state index contributed by atoms with van der Waals surface area (Å²) in [6.45, 7) is 0. The van der Waals surface area contributed by atoms with Crippen molar-refractivity contribution < 1.29 is 13.9 Å². The van der Waals surface area contributed by atoms with Gasteiger partial charge in [-0.2, -0.15) is 0 Å². The van der Waals surface area contributed by atoms with Crippen molar-refractivity contribution in [2.75, 3.05) is 14.2 Å². The van der Waals surface area contributed by atoms with E-state index in [9.17, 15) is 4.39 Å². The Bertz CT molecular complexity index is 289. The summed E-state index contributed by atoms with van der Waals surface area (Å²) in [6, 6.07) is 2.82. The van der Waals surface area contributed by atoms with E-state index in [2.05, 4.69) is 15.9 Å². The quantitative estimate of drug-likeness (QED) is 0.784.